The van der Waals surface area contributed by atoms with Gasteiger partial charge in [-0.2, -0.15) is 10.4 Å². The summed E-state index contributed by atoms with van der Waals surface area (Å²) in [5.41, 5.74) is 7.83. The van der Waals surface area contributed by atoms with Crippen LogP contribution in [0.15, 0.2) is 35.3 Å². The molecule has 1 heterocycles. The van der Waals surface area contributed by atoms with E-state index in [0.717, 1.165) is 24.6 Å². The van der Waals surface area contributed by atoms with E-state index in [1.807, 2.05) is 51.1 Å². The molecule has 2 aromatic rings. The summed E-state index contributed by atoms with van der Waals surface area (Å²) in [6, 6.07) is 11.8. The Labute approximate surface area is 172 Å². The maximum atomic E-state index is 9.50. The third kappa shape index (κ3) is 6.22. The zero-order valence-electron chi connectivity index (χ0n) is 17.7. The number of hydrogen-bond acceptors (Lipinski definition) is 5. The normalized spacial score (nSPS) is 11.9. The molecule has 4 N–H and O–H groups in total. The molecule has 29 heavy (non-hydrogen) atoms. The van der Waals surface area contributed by atoms with Crippen molar-refractivity contribution in [1.29, 1.82) is 5.26 Å². The van der Waals surface area contributed by atoms with Gasteiger partial charge in [0, 0.05) is 20.2 Å². The number of nitrogen functional groups attached to an aromatic ring is 1. The Bertz CT molecular complexity index is 850. The SMILES string of the molecule is CCNC(=NCC(C)(C)OC)NCCCc1nn(-c2ccccc2)c(N)c1C#N. The van der Waals surface area contributed by atoms with E-state index in [1.54, 1.807) is 11.8 Å². The predicted octanol–water partition coefficient (Wildman–Crippen LogP) is 2.24. The van der Waals surface area contributed by atoms with E-state index in [4.69, 9.17) is 10.5 Å². The number of methoxy groups -OCH3 is 1. The monoisotopic (exact) mass is 397 g/mol. The molecule has 8 heteroatoms. The number of nitrogens with zero attached hydrogens (tertiary/aromatic N) is 4. The van der Waals surface area contributed by atoms with Crippen molar-refractivity contribution in [3.8, 4) is 11.8 Å². The minimum Gasteiger partial charge on any atom is -0.382 e. The Morgan fingerprint density at radius 3 is 2.66 bits per heavy atom. The number of ether oxygens (including phenoxy) is 1. The van der Waals surface area contributed by atoms with Gasteiger partial charge >= 0.3 is 0 Å². The number of guanidine groups is 1. The Kier molecular flexibility index (Phi) is 8.04. The summed E-state index contributed by atoms with van der Waals surface area (Å²) >= 11 is 0. The lowest BCUT2D eigenvalue weighted by atomic mass is 10.1. The van der Waals surface area contributed by atoms with Crippen LogP contribution in [0.5, 0.6) is 0 Å². The molecule has 0 unspecified atom stereocenters. The number of nitrogens with one attached hydrogen (secondary N) is 2. The smallest absolute Gasteiger partial charge is 0.191 e. The maximum absolute atomic E-state index is 9.50. The second-order valence-electron chi connectivity index (χ2n) is 7.26. The number of benzene rings is 1. The molecule has 0 aliphatic carbocycles. The van der Waals surface area contributed by atoms with Crippen molar-refractivity contribution in [3.63, 3.8) is 0 Å². The van der Waals surface area contributed by atoms with Gasteiger partial charge in [-0.25, -0.2) is 4.68 Å². The Morgan fingerprint density at radius 2 is 2.03 bits per heavy atom. The summed E-state index contributed by atoms with van der Waals surface area (Å²) in [6.45, 7) is 8.04. The van der Waals surface area contributed by atoms with E-state index >= 15 is 0 Å². The molecule has 0 aliphatic heterocycles. The van der Waals surface area contributed by atoms with Crippen molar-refractivity contribution in [3.05, 3.63) is 41.6 Å². The van der Waals surface area contributed by atoms with E-state index in [-0.39, 0.29) is 5.60 Å². The first-order chi connectivity index (χ1) is 13.9. The number of nitrogens with two attached hydrogens (primary N) is 1. The van der Waals surface area contributed by atoms with Crippen LogP contribution in [0.3, 0.4) is 0 Å². The number of para-hydroxylation sites is 1. The minimum atomic E-state index is -0.314. The molecule has 156 valence electrons. The fourth-order valence-electron chi connectivity index (χ4n) is 2.68. The number of hydrogen-bond donors (Lipinski definition) is 3. The maximum Gasteiger partial charge on any atom is 0.191 e. The average molecular weight is 398 g/mol. The minimum absolute atomic E-state index is 0.314. The summed E-state index contributed by atoms with van der Waals surface area (Å²) in [7, 11) is 1.68. The third-order valence-corrected chi connectivity index (χ3v) is 4.50. The van der Waals surface area contributed by atoms with Crippen LogP contribution < -0.4 is 16.4 Å². The van der Waals surface area contributed by atoms with Gasteiger partial charge in [0.2, 0.25) is 0 Å². The number of aryl methyl sites for hydroxylation is 1. The highest BCUT2D eigenvalue weighted by Gasteiger charge is 2.17. The average Bonchev–Trinajstić information content (AvgIpc) is 3.05. The molecule has 1 aromatic heterocycles. The first-order valence-corrected chi connectivity index (χ1v) is 9.82. The molecule has 0 fully saturated rings. The number of aliphatic imine (C=N–C) groups is 1. The van der Waals surface area contributed by atoms with Gasteiger partial charge in [0.05, 0.1) is 23.5 Å². The van der Waals surface area contributed by atoms with Crippen LogP contribution >= 0.6 is 0 Å². The van der Waals surface area contributed by atoms with Gasteiger partial charge < -0.3 is 21.1 Å². The summed E-state index contributed by atoms with van der Waals surface area (Å²) < 4.78 is 7.03. The Balaban J connectivity index is 1.99. The molecule has 0 spiro atoms. The lowest BCUT2D eigenvalue weighted by molar-refractivity contribution is 0.0310. The van der Waals surface area contributed by atoms with Crippen LogP contribution in [0, 0.1) is 11.3 Å². The van der Waals surface area contributed by atoms with Gasteiger partial charge in [-0.3, -0.25) is 4.99 Å². The summed E-state index contributed by atoms with van der Waals surface area (Å²) in [6.07, 6.45) is 1.43. The van der Waals surface area contributed by atoms with Gasteiger partial charge in [-0.05, 0) is 45.7 Å². The van der Waals surface area contributed by atoms with Crippen LogP contribution in [0.1, 0.15) is 38.4 Å². The van der Waals surface area contributed by atoms with Crippen LogP contribution in [-0.2, 0) is 11.2 Å². The number of nitriles is 1. The molecular formula is C21H31N7O. The van der Waals surface area contributed by atoms with E-state index in [9.17, 15) is 5.26 Å². The quantitative estimate of drug-likeness (QED) is 0.340. The highest BCUT2D eigenvalue weighted by atomic mass is 16.5. The largest absolute Gasteiger partial charge is 0.382 e. The summed E-state index contributed by atoms with van der Waals surface area (Å²) in [5.74, 6) is 1.12. The van der Waals surface area contributed by atoms with Crippen LogP contribution in [-0.4, -0.2) is 48.1 Å². The zero-order valence-corrected chi connectivity index (χ0v) is 17.7. The molecular weight excluding hydrogens is 366 g/mol. The van der Waals surface area contributed by atoms with Gasteiger partial charge in [-0.1, -0.05) is 18.2 Å². The molecule has 0 radical (unpaired) electrons. The molecule has 0 bridgehead atoms. The summed E-state index contributed by atoms with van der Waals surface area (Å²) in [4.78, 5) is 4.57. The lowest BCUT2D eigenvalue weighted by Gasteiger charge is -2.21. The molecule has 2 rings (SSSR count). The highest BCUT2D eigenvalue weighted by molar-refractivity contribution is 5.79. The van der Waals surface area contributed by atoms with Crippen molar-refractivity contribution in [2.75, 3.05) is 32.5 Å². The van der Waals surface area contributed by atoms with Crippen molar-refractivity contribution < 1.29 is 4.74 Å². The second-order valence-corrected chi connectivity index (χ2v) is 7.26. The summed E-state index contributed by atoms with van der Waals surface area (Å²) in [5, 5.41) is 20.6. The first kappa shape index (κ1) is 22.2. The van der Waals surface area contributed by atoms with Gasteiger partial charge in [0.25, 0.3) is 0 Å². The molecule has 0 saturated heterocycles. The van der Waals surface area contributed by atoms with Crippen LogP contribution in [0.4, 0.5) is 5.82 Å². The second kappa shape index (κ2) is 10.5. The van der Waals surface area contributed by atoms with Crippen molar-refractivity contribution in [2.24, 2.45) is 4.99 Å². The molecule has 8 nitrogen and oxygen atoms in total. The third-order valence-electron chi connectivity index (χ3n) is 4.50. The van der Waals surface area contributed by atoms with E-state index in [1.165, 1.54) is 0 Å². The topological polar surface area (TPSA) is 113 Å². The molecule has 0 aliphatic rings. The Morgan fingerprint density at radius 1 is 1.31 bits per heavy atom. The Hall–Kier alpha value is -3.05. The van der Waals surface area contributed by atoms with Crippen molar-refractivity contribution in [2.45, 2.75) is 39.2 Å². The van der Waals surface area contributed by atoms with Crippen LogP contribution in [0.25, 0.3) is 5.69 Å². The van der Waals surface area contributed by atoms with Crippen molar-refractivity contribution >= 4 is 11.8 Å². The van der Waals surface area contributed by atoms with E-state index in [2.05, 4.69) is 26.8 Å². The molecule has 0 atom stereocenters. The zero-order chi connectivity index (χ0) is 21.3. The van der Waals surface area contributed by atoms with Crippen LogP contribution in [0.2, 0.25) is 0 Å². The predicted molar refractivity (Wildman–Crippen MR) is 116 cm³/mol. The fourth-order valence-corrected chi connectivity index (χ4v) is 2.68. The highest BCUT2D eigenvalue weighted by Crippen LogP contribution is 2.21. The standard InChI is InChI=1S/C21H31N7O/c1-5-24-20(26-15-21(2,3)29-4)25-13-9-12-18-17(14-22)19(23)28(27-18)16-10-7-6-8-11-16/h6-8,10-11H,5,9,12-13,15,23H2,1-4H3,(H2,24,25,26). The fraction of sp³-hybridized carbons (Fsp3) is 0.476. The van der Waals surface area contributed by atoms with Gasteiger partial charge in [-0.15, -0.1) is 0 Å². The number of rotatable bonds is 9. The molecule has 0 amide bonds. The molecule has 1 aromatic carbocycles. The molecule has 0 saturated carbocycles. The lowest BCUT2D eigenvalue weighted by Crippen LogP contribution is -2.39. The van der Waals surface area contributed by atoms with Gasteiger partial charge in [0.1, 0.15) is 17.5 Å². The van der Waals surface area contributed by atoms with Crippen molar-refractivity contribution in [1.82, 2.24) is 20.4 Å². The van der Waals surface area contributed by atoms with E-state index < -0.39 is 0 Å². The number of anilines is 1. The first-order valence-electron chi connectivity index (χ1n) is 9.82. The van der Waals surface area contributed by atoms with Gasteiger partial charge in [0.15, 0.2) is 5.96 Å². The number of aromatic nitrogens is 2. The van der Waals surface area contributed by atoms with E-state index in [0.29, 0.717) is 36.6 Å².